The molecule has 358 valence electrons. The van der Waals surface area contributed by atoms with E-state index in [1.165, 1.54) is 0 Å². The van der Waals surface area contributed by atoms with Crippen LogP contribution in [0.5, 0.6) is 46.0 Å². The summed E-state index contributed by atoms with van der Waals surface area (Å²) in [7, 11) is 0. The van der Waals surface area contributed by atoms with Gasteiger partial charge in [-0.2, -0.15) is 0 Å². The number of carbonyl (C=O) groups is 4. The molecule has 0 unspecified atom stereocenters. The molecule has 0 N–H and O–H groups in total. The van der Waals surface area contributed by atoms with Gasteiger partial charge in [0.25, 0.3) is 0 Å². The summed E-state index contributed by atoms with van der Waals surface area (Å²) in [5.74, 6) is -0.418. The van der Waals surface area contributed by atoms with Crippen molar-refractivity contribution in [3.05, 3.63) is 235 Å². The van der Waals surface area contributed by atoms with Gasteiger partial charge in [-0.05, 0) is 126 Å². The van der Waals surface area contributed by atoms with Crippen molar-refractivity contribution in [2.75, 3.05) is 0 Å². The third-order valence-electron chi connectivity index (χ3n) is 13.3. The first-order chi connectivity index (χ1) is 34.6. The Balaban J connectivity index is 1.09. The second-order valence-corrected chi connectivity index (χ2v) is 18.8. The molecule has 8 aromatic carbocycles. The van der Waals surface area contributed by atoms with E-state index in [0.717, 1.165) is 66.8 Å². The average molecular weight is 955 g/mol. The summed E-state index contributed by atoms with van der Waals surface area (Å²) in [5.41, 5.74) is 12.0. The minimum absolute atomic E-state index is 0.261. The number of rotatable bonds is 9. The lowest BCUT2D eigenvalue weighted by atomic mass is 9.71. The zero-order valence-corrected chi connectivity index (χ0v) is 41.1. The Morgan fingerprint density at radius 1 is 0.306 bits per heavy atom. The van der Waals surface area contributed by atoms with Gasteiger partial charge in [0.2, 0.25) is 0 Å². The third-order valence-corrected chi connectivity index (χ3v) is 13.3. The van der Waals surface area contributed by atoms with Crippen molar-refractivity contribution in [3.8, 4) is 46.0 Å². The van der Waals surface area contributed by atoms with Crippen molar-refractivity contribution in [2.45, 2.75) is 67.2 Å². The molecule has 0 atom stereocenters. The standard InChI is InChI=1S/C62H50O10/c1-33-9-17-45(37(5)25-33)59(63)67-41-13-21-49-53(29-41)71-54-30-42(68-60(64)46-18-10-34(2)26-38(46)6)14-22-50(54)57(49)58-51-23-15-43(69-61(65)47-19-11-35(3)27-39(47)7)31-55(51)72-56-32-44(16-24-52(56)58)70-62(66)48-20-12-36(4)28-40(48)8/h9-32,57-58H,1-8H3. The molecule has 0 saturated heterocycles. The lowest BCUT2D eigenvalue weighted by Gasteiger charge is -2.38. The van der Waals surface area contributed by atoms with Gasteiger partial charge in [0.05, 0.1) is 22.3 Å². The smallest absolute Gasteiger partial charge is 0.343 e. The molecule has 0 bridgehead atoms. The summed E-state index contributed by atoms with van der Waals surface area (Å²) in [5, 5.41) is 0. The fraction of sp³-hybridized carbons (Fsp3) is 0.161. The number of esters is 4. The molecule has 10 rings (SSSR count). The minimum atomic E-state index is -0.517. The van der Waals surface area contributed by atoms with Gasteiger partial charge in [0.1, 0.15) is 46.0 Å². The minimum Gasteiger partial charge on any atom is -0.456 e. The average Bonchev–Trinajstić information content (AvgIpc) is 3.32. The van der Waals surface area contributed by atoms with E-state index in [-0.39, 0.29) is 23.0 Å². The number of hydrogen-bond acceptors (Lipinski definition) is 10. The molecule has 8 aromatic rings. The zero-order valence-electron chi connectivity index (χ0n) is 41.1. The molecule has 2 heterocycles. The predicted molar refractivity (Wildman–Crippen MR) is 273 cm³/mol. The first-order valence-electron chi connectivity index (χ1n) is 23.7. The number of hydrogen-bond donors (Lipinski definition) is 0. The fourth-order valence-electron chi connectivity index (χ4n) is 9.80. The second-order valence-electron chi connectivity index (χ2n) is 18.8. The topological polar surface area (TPSA) is 124 Å². The van der Waals surface area contributed by atoms with Crippen molar-refractivity contribution in [1.29, 1.82) is 0 Å². The molecule has 0 fully saturated rings. The molecule has 0 aliphatic carbocycles. The Morgan fingerprint density at radius 3 is 0.736 bits per heavy atom. The van der Waals surface area contributed by atoms with Crippen LogP contribution in [0.25, 0.3) is 0 Å². The molecule has 10 nitrogen and oxygen atoms in total. The lowest BCUT2D eigenvalue weighted by molar-refractivity contribution is 0.0723. The molecule has 0 spiro atoms. The number of benzene rings is 8. The van der Waals surface area contributed by atoms with E-state index in [0.29, 0.717) is 45.3 Å². The molecule has 0 saturated carbocycles. The quantitative estimate of drug-likeness (QED) is 0.102. The van der Waals surface area contributed by atoms with Crippen LogP contribution >= 0.6 is 0 Å². The summed E-state index contributed by atoms with van der Waals surface area (Å²) in [6.07, 6.45) is 0. The van der Waals surface area contributed by atoms with Gasteiger partial charge in [0.15, 0.2) is 0 Å². The first-order valence-corrected chi connectivity index (χ1v) is 23.7. The first kappa shape index (κ1) is 46.9. The molecule has 0 amide bonds. The Hall–Kier alpha value is -8.76. The highest BCUT2D eigenvalue weighted by atomic mass is 16.6. The van der Waals surface area contributed by atoms with Crippen molar-refractivity contribution < 1.29 is 47.6 Å². The summed E-state index contributed by atoms with van der Waals surface area (Å²) in [4.78, 5) is 54.5. The third kappa shape index (κ3) is 9.22. The molecular formula is C62H50O10. The maximum Gasteiger partial charge on any atom is 0.343 e. The van der Waals surface area contributed by atoms with Gasteiger partial charge >= 0.3 is 23.9 Å². The SMILES string of the molecule is Cc1ccc(C(=O)Oc2ccc3c(c2)Oc2cc(OC(=O)c4ccc(C)cc4C)ccc2C3C2c3ccc(OC(=O)c4ccc(C)cc4C)cc3Oc3cc(OC(=O)c4ccc(C)cc4C)ccc32)c(C)c1. The normalized spacial score (nSPS) is 12.5. The summed E-state index contributed by atoms with van der Waals surface area (Å²) in [6, 6.07) is 43.5. The van der Waals surface area contributed by atoms with Gasteiger partial charge in [-0.1, -0.05) is 95.1 Å². The summed E-state index contributed by atoms with van der Waals surface area (Å²) < 4.78 is 37.5. The number of ether oxygens (including phenoxy) is 6. The summed E-state index contributed by atoms with van der Waals surface area (Å²) in [6.45, 7) is 15.3. The second kappa shape index (κ2) is 18.9. The van der Waals surface area contributed by atoms with Crippen LogP contribution in [0, 0.1) is 55.4 Å². The molecule has 10 heteroatoms. The number of aryl methyl sites for hydroxylation is 8. The molecule has 72 heavy (non-hydrogen) atoms. The highest BCUT2D eigenvalue weighted by Gasteiger charge is 2.41. The highest BCUT2D eigenvalue weighted by molar-refractivity contribution is 5.95. The van der Waals surface area contributed by atoms with Crippen molar-refractivity contribution in [2.24, 2.45) is 0 Å². The van der Waals surface area contributed by atoms with Gasteiger partial charge in [-0.15, -0.1) is 0 Å². The largest absolute Gasteiger partial charge is 0.456 e. The maximum atomic E-state index is 13.6. The Kier molecular flexibility index (Phi) is 12.3. The molecular weight excluding hydrogens is 905 g/mol. The molecule has 0 aromatic heterocycles. The maximum absolute atomic E-state index is 13.6. The molecule has 0 radical (unpaired) electrons. The van der Waals surface area contributed by atoms with E-state index in [4.69, 9.17) is 28.4 Å². The van der Waals surface area contributed by atoms with Crippen molar-refractivity contribution in [3.63, 3.8) is 0 Å². The monoisotopic (exact) mass is 954 g/mol. The van der Waals surface area contributed by atoms with Crippen LogP contribution in [0.4, 0.5) is 0 Å². The van der Waals surface area contributed by atoms with Crippen LogP contribution in [0.1, 0.15) is 120 Å². The Labute approximate surface area is 417 Å². The van der Waals surface area contributed by atoms with Gasteiger partial charge in [-0.3, -0.25) is 0 Å². The predicted octanol–water partition coefficient (Wildman–Crippen LogP) is 14.2. The summed E-state index contributed by atoms with van der Waals surface area (Å²) >= 11 is 0. The van der Waals surface area contributed by atoms with E-state index in [1.807, 2.05) is 128 Å². The van der Waals surface area contributed by atoms with Crippen molar-refractivity contribution in [1.82, 2.24) is 0 Å². The van der Waals surface area contributed by atoms with Crippen LogP contribution in [0.15, 0.2) is 146 Å². The van der Waals surface area contributed by atoms with Crippen molar-refractivity contribution >= 4 is 23.9 Å². The van der Waals surface area contributed by atoms with E-state index in [9.17, 15) is 19.2 Å². The zero-order chi connectivity index (χ0) is 50.5. The Morgan fingerprint density at radius 2 is 0.528 bits per heavy atom. The van der Waals surface area contributed by atoms with Crippen LogP contribution in [-0.2, 0) is 0 Å². The van der Waals surface area contributed by atoms with Crippen LogP contribution in [-0.4, -0.2) is 23.9 Å². The lowest BCUT2D eigenvalue weighted by Crippen LogP contribution is -2.22. The van der Waals surface area contributed by atoms with E-state index >= 15 is 0 Å². The van der Waals surface area contributed by atoms with Gasteiger partial charge in [-0.25, -0.2) is 19.2 Å². The number of carbonyl (C=O) groups excluding carboxylic acids is 4. The van der Waals surface area contributed by atoms with Crippen LogP contribution in [0.3, 0.4) is 0 Å². The van der Waals surface area contributed by atoms with E-state index < -0.39 is 35.7 Å². The highest BCUT2D eigenvalue weighted by Crippen LogP contribution is 2.59. The van der Waals surface area contributed by atoms with Gasteiger partial charge < -0.3 is 28.4 Å². The van der Waals surface area contributed by atoms with Crippen LogP contribution in [0.2, 0.25) is 0 Å². The number of fused-ring (bicyclic) bond motifs is 4. The van der Waals surface area contributed by atoms with E-state index in [1.54, 1.807) is 72.8 Å². The molecule has 2 aliphatic rings. The fourth-order valence-corrected chi connectivity index (χ4v) is 9.80. The van der Waals surface area contributed by atoms with Crippen LogP contribution < -0.4 is 28.4 Å². The molecule has 2 aliphatic heterocycles. The Bertz CT molecular complexity index is 3100. The van der Waals surface area contributed by atoms with Gasteiger partial charge in [0, 0.05) is 58.4 Å². The van der Waals surface area contributed by atoms with E-state index in [2.05, 4.69) is 0 Å².